The Bertz CT molecular complexity index is 1040. The normalized spacial score (nSPS) is 10.2. The third kappa shape index (κ3) is 7.94. The summed E-state index contributed by atoms with van der Waals surface area (Å²) < 4.78 is 0. The van der Waals surface area contributed by atoms with Crippen LogP contribution in [0.1, 0.15) is 54.5 Å². The van der Waals surface area contributed by atoms with Crippen LogP contribution in [0, 0.1) is 11.8 Å². The summed E-state index contributed by atoms with van der Waals surface area (Å²) in [6, 6.07) is 24.3. The molecule has 0 aliphatic heterocycles. The Morgan fingerprint density at radius 3 is 1.78 bits per heavy atom. The first-order valence-corrected chi connectivity index (χ1v) is 11.0. The van der Waals surface area contributed by atoms with Crippen molar-refractivity contribution in [2.45, 2.75) is 46.2 Å². The summed E-state index contributed by atoms with van der Waals surface area (Å²) in [5, 5.41) is 3.42. The Hall–Kier alpha value is -3.55. The standard InChI is InChI=1S/C28H29NO3/c1-3-4-5-23-6-8-24(9-7-23)10-11-25-12-14-26(15-13-25)20-29-21-27-16-18-28(19-17-27)32-31-22(2)30/h6-9,12-19,29H,3-5,20-21H2,1-2H3. The summed E-state index contributed by atoms with van der Waals surface area (Å²) in [6.45, 7) is 5.00. The van der Waals surface area contributed by atoms with Crippen LogP contribution in [-0.2, 0) is 29.2 Å². The Morgan fingerprint density at radius 2 is 1.28 bits per heavy atom. The lowest BCUT2D eigenvalue weighted by atomic mass is 10.1. The number of unbranched alkanes of at least 4 members (excludes halogenated alkanes) is 1. The first-order valence-electron chi connectivity index (χ1n) is 11.0. The van der Waals surface area contributed by atoms with Crippen LogP contribution in [0.2, 0.25) is 0 Å². The van der Waals surface area contributed by atoms with E-state index in [0.717, 1.165) is 36.2 Å². The van der Waals surface area contributed by atoms with E-state index in [1.165, 1.54) is 30.9 Å². The van der Waals surface area contributed by atoms with E-state index in [-0.39, 0.29) is 0 Å². The number of benzene rings is 3. The van der Waals surface area contributed by atoms with Gasteiger partial charge < -0.3 is 5.32 Å². The molecule has 0 aliphatic rings. The molecule has 0 saturated carbocycles. The van der Waals surface area contributed by atoms with Crippen molar-refractivity contribution in [1.82, 2.24) is 5.32 Å². The molecule has 0 amide bonds. The van der Waals surface area contributed by atoms with Crippen LogP contribution in [-0.4, -0.2) is 5.97 Å². The molecule has 1 N–H and O–H groups in total. The minimum Gasteiger partial charge on any atom is -0.309 e. The molecule has 0 bridgehead atoms. The summed E-state index contributed by atoms with van der Waals surface area (Å²) >= 11 is 0. The molecule has 4 heteroatoms. The average Bonchev–Trinajstić information content (AvgIpc) is 2.82. The lowest BCUT2D eigenvalue weighted by Gasteiger charge is -2.07. The van der Waals surface area contributed by atoms with Gasteiger partial charge in [0.25, 0.3) is 0 Å². The molecule has 3 aromatic rings. The second-order valence-electron chi connectivity index (χ2n) is 7.65. The van der Waals surface area contributed by atoms with E-state index >= 15 is 0 Å². The largest absolute Gasteiger partial charge is 0.352 e. The predicted octanol–water partition coefficient (Wildman–Crippen LogP) is 5.58. The maximum Gasteiger partial charge on any atom is 0.352 e. The number of nitrogens with one attached hydrogen (secondary N) is 1. The Labute approximate surface area is 190 Å². The van der Waals surface area contributed by atoms with E-state index in [4.69, 9.17) is 4.89 Å². The van der Waals surface area contributed by atoms with E-state index < -0.39 is 5.97 Å². The zero-order valence-electron chi connectivity index (χ0n) is 18.7. The molecule has 0 aliphatic carbocycles. The van der Waals surface area contributed by atoms with Gasteiger partial charge in [0.15, 0.2) is 5.75 Å². The van der Waals surface area contributed by atoms with Crippen molar-refractivity contribution in [1.29, 1.82) is 0 Å². The van der Waals surface area contributed by atoms with E-state index in [2.05, 4.69) is 77.5 Å². The number of hydrogen-bond donors (Lipinski definition) is 1. The quantitative estimate of drug-likeness (QED) is 0.275. The molecule has 32 heavy (non-hydrogen) atoms. The van der Waals surface area contributed by atoms with Gasteiger partial charge in [0, 0.05) is 31.1 Å². The molecule has 0 spiro atoms. The Balaban J connectivity index is 1.45. The van der Waals surface area contributed by atoms with Crippen molar-refractivity contribution in [3.63, 3.8) is 0 Å². The molecule has 0 saturated heterocycles. The van der Waals surface area contributed by atoms with Gasteiger partial charge in [0.2, 0.25) is 0 Å². The van der Waals surface area contributed by atoms with E-state index in [9.17, 15) is 4.79 Å². The van der Waals surface area contributed by atoms with Gasteiger partial charge in [-0.3, -0.25) is 9.78 Å². The minimum atomic E-state index is -0.482. The van der Waals surface area contributed by atoms with Gasteiger partial charge in [-0.2, -0.15) is 0 Å². The highest BCUT2D eigenvalue weighted by Gasteiger charge is 2.00. The van der Waals surface area contributed by atoms with Gasteiger partial charge in [-0.1, -0.05) is 61.6 Å². The first kappa shape index (κ1) is 23.1. The van der Waals surface area contributed by atoms with Gasteiger partial charge in [0.1, 0.15) is 0 Å². The van der Waals surface area contributed by atoms with Gasteiger partial charge in [-0.25, -0.2) is 4.79 Å². The molecule has 0 radical (unpaired) electrons. The van der Waals surface area contributed by atoms with Crippen molar-refractivity contribution in [3.8, 4) is 17.6 Å². The highest BCUT2D eigenvalue weighted by molar-refractivity contribution is 5.65. The lowest BCUT2D eigenvalue weighted by Crippen LogP contribution is -2.12. The molecule has 0 unspecified atom stereocenters. The third-order valence-electron chi connectivity index (χ3n) is 4.91. The van der Waals surface area contributed by atoms with Gasteiger partial charge >= 0.3 is 5.97 Å². The zero-order valence-corrected chi connectivity index (χ0v) is 18.7. The van der Waals surface area contributed by atoms with Crippen molar-refractivity contribution in [2.75, 3.05) is 0 Å². The predicted molar refractivity (Wildman–Crippen MR) is 127 cm³/mol. The number of carbonyl (C=O) groups excluding carboxylic acids is 1. The van der Waals surface area contributed by atoms with E-state index in [0.29, 0.717) is 5.75 Å². The lowest BCUT2D eigenvalue weighted by molar-refractivity contribution is -0.210. The van der Waals surface area contributed by atoms with Crippen LogP contribution in [0.15, 0.2) is 72.8 Å². The molecule has 4 nitrogen and oxygen atoms in total. The summed E-state index contributed by atoms with van der Waals surface area (Å²) in [7, 11) is 0. The highest BCUT2D eigenvalue weighted by atomic mass is 17.2. The zero-order chi connectivity index (χ0) is 22.6. The fourth-order valence-electron chi connectivity index (χ4n) is 3.11. The maximum absolute atomic E-state index is 10.8. The van der Waals surface area contributed by atoms with E-state index in [1.807, 2.05) is 12.1 Å². The third-order valence-corrected chi connectivity index (χ3v) is 4.91. The Morgan fingerprint density at radius 1 is 0.781 bits per heavy atom. The topological polar surface area (TPSA) is 47.6 Å². The van der Waals surface area contributed by atoms with Crippen LogP contribution in [0.4, 0.5) is 0 Å². The average molecular weight is 428 g/mol. The van der Waals surface area contributed by atoms with Crippen LogP contribution in [0.5, 0.6) is 5.75 Å². The highest BCUT2D eigenvalue weighted by Crippen LogP contribution is 2.13. The molecular weight excluding hydrogens is 398 g/mol. The summed E-state index contributed by atoms with van der Waals surface area (Å²) in [5.41, 5.74) is 5.74. The molecule has 0 atom stereocenters. The molecule has 164 valence electrons. The minimum absolute atomic E-state index is 0.482. The second kappa shape index (κ2) is 12.3. The number of carbonyl (C=O) groups is 1. The van der Waals surface area contributed by atoms with Gasteiger partial charge in [-0.05, 0) is 65.9 Å². The Kier molecular flexibility index (Phi) is 8.92. The van der Waals surface area contributed by atoms with E-state index in [1.54, 1.807) is 12.1 Å². The monoisotopic (exact) mass is 427 g/mol. The molecule has 0 fully saturated rings. The van der Waals surface area contributed by atoms with Gasteiger partial charge in [-0.15, -0.1) is 0 Å². The van der Waals surface area contributed by atoms with Crippen LogP contribution >= 0.6 is 0 Å². The summed E-state index contributed by atoms with van der Waals surface area (Å²) in [5.74, 6) is 6.50. The fourth-order valence-corrected chi connectivity index (χ4v) is 3.11. The van der Waals surface area contributed by atoms with Crippen molar-refractivity contribution in [3.05, 3.63) is 101 Å². The first-order chi connectivity index (χ1) is 15.6. The molecule has 0 aromatic heterocycles. The van der Waals surface area contributed by atoms with Gasteiger partial charge in [0.05, 0.1) is 0 Å². The van der Waals surface area contributed by atoms with Crippen molar-refractivity contribution >= 4 is 5.97 Å². The smallest absolute Gasteiger partial charge is 0.309 e. The SMILES string of the molecule is CCCCc1ccc(C#Cc2ccc(CNCc3ccc(OOC(C)=O)cc3)cc2)cc1. The molecule has 3 rings (SSSR count). The van der Waals surface area contributed by atoms with Crippen LogP contribution in [0.25, 0.3) is 0 Å². The van der Waals surface area contributed by atoms with Crippen LogP contribution in [0.3, 0.4) is 0 Å². The molecular formula is C28H29NO3. The maximum atomic E-state index is 10.8. The van der Waals surface area contributed by atoms with Crippen molar-refractivity contribution in [2.24, 2.45) is 0 Å². The van der Waals surface area contributed by atoms with Crippen LogP contribution < -0.4 is 10.2 Å². The summed E-state index contributed by atoms with van der Waals surface area (Å²) in [4.78, 5) is 20.2. The number of aryl methyl sites for hydroxylation is 1. The number of hydrogen-bond acceptors (Lipinski definition) is 4. The van der Waals surface area contributed by atoms with Crippen molar-refractivity contribution < 1.29 is 14.6 Å². The number of rotatable bonds is 9. The summed E-state index contributed by atoms with van der Waals surface area (Å²) in [6.07, 6.45) is 3.58. The molecule has 0 heterocycles. The second-order valence-corrected chi connectivity index (χ2v) is 7.65. The fraction of sp³-hybridized carbons (Fsp3) is 0.250. The molecule has 3 aromatic carbocycles.